The van der Waals surface area contributed by atoms with Gasteiger partial charge in [0.1, 0.15) is 0 Å². The van der Waals surface area contributed by atoms with Crippen LogP contribution >= 0.6 is 0 Å². The third-order valence-corrected chi connectivity index (χ3v) is 6.86. The van der Waals surface area contributed by atoms with Gasteiger partial charge in [-0.2, -0.15) is 0 Å². The van der Waals surface area contributed by atoms with Crippen LogP contribution in [0.4, 0.5) is 5.69 Å². The topological polar surface area (TPSA) is 68.5 Å². The molecule has 1 fully saturated rings. The van der Waals surface area contributed by atoms with Crippen LogP contribution in [0.15, 0.2) is 36.4 Å². The van der Waals surface area contributed by atoms with E-state index in [1.54, 1.807) is 0 Å². The Balaban J connectivity index is 1.31. The number of nitrogens with zero attached hydrogens (tertiary/aromatic N) is 6. The molecule has 0 aliphatic carbocycles. The molecule has 8 heteroatoms. The zero-order valence-electron chi connectivity index (χ0n) is 19.7. The molecule has 1 atom stereocenters. The summed E-state index contributed by atoms with van der Waals surface area (Å²) < 4.78 is 12.9. The van der Waals surface area contributed by atoms with Crippen LogP contribution in [0, 0.1) is 13.8 Å². The Morgan fingerprint density at radius 3 is 2.64 bits per heavy atom. The lowest BCUT2D eigenvalue weighted by molar-refractivity contribution is 0.164. The molecular weight excluding hydrogens is 416 g/mol. The number of benzene rings is 2. The summed E-state index contributed by atoms with van der Waals surface area (Å²) in [6.07, 6.45) is 2.11. The maximum atomic E-state index is 5.54. The van der Waals surface area contributed by atoms with Crippen molar-refractivity contribution in [1.29, 1.82) is 0 Å². The van der Waals surface area contributed by atoms with Crippen LogP contribution in [0.1, 0.15) is 48.3 Å². The lowest BCUT2D eigenvalue weighted by atomic mass is 10.1. The van der Waals surface area contributed by atoms with Crippen molar-refractivity contribution in [3.8, 4) is 11.5 Å². The maximum absolute atomic E-state index is 5.54. The summed E-state index contributed by atoms with van der Waals surface area (Å²) in [7, 11) is 0. The van der Waals surface area contributed by atoms with Crippen molar-refractivity contribution in [2.24, 2.45) is 0 Å². The normalized spacial score (nSPS) is 16.9. The van der Waals surface area contributed by atoms with E-state index in [9.17, 15) is 0 Å². The lowest BCUT2D eigenvalue weighted by Gasteiger charge is -2.40. The molecule has 0 amide bonds. The molecule has 174 valence electrons. The highest BCUT2D eigenvalue weighted by Crippen LogP contribution is 2.33. The minimum atomic E-state index is 0.208. The highest BCUT2D eigenvalue weighted by Gasteiger charge is 2.29. The second kappa shape index (κ2) is 9.39. The summed E-state index contributed by atoms with van der Waals surface area (Å²) in [6.45, 7) is 11.5. The van der Waals surface area contributed by atoms with Gasteiger partial charge in [0.15, 0.2) is 17.3 Å². The van der Waals surface area contributed by atoms with Gasteiger partial charge in [-0.15, -0.1) is 5.10 Å². The third-order valence-electron chi connectivity index (χ3n) is 6.86. The molecule has 0 radical (unpaired) electrons. The third kappa shape index (κ3) is 4.39. The van der Waals surface area contributed by atoms with E-state index in [-0.39, 0.29) is 12.8 Å². The molecule has 3 aromatic rings. The number of hydrogen-bond acceptors (Lipinski definition) is 7. The Labute approximate surface area is 195 Å². The van der Waals surface area contributed by atoms with Crippen LogP contribution in [-0.4, -0.2) is 58.1 Å². The van der Waals surface area contributed by atoms with Crippen LogP contribution in [0.3, 0.4) is 0 Å². The smallest absolute Gasteiger partial charge is 0.231 e. The minimum Gasteiger partial charge on any atom is -0.454 e. The Bertz CT molecular complexity index is 1110. The predicted molar refractivity (Wildman–Crippen MR) is 127 cm³/mol. The van der Waals surface area contributed by atoms with Crippen molar-refractivity contribution in [3.05, 3.63) is 58.9 Å². The fraction of sp³-hybridized carbons (Fsp3) is 0.480. The van der Waals surface area contributed by atoms with Gasteiger partial charge in [-0.25, -0.2) is 4.68 Å². The molecule has 2 aromatic carbocycles. The number of rotatable bonds is 7. The number of piperazine rings is 1. The van der Waals surface area contributed by atoms with Gasteiger partial charge in [0, 0.05) is 31.9 Å². The monoisotopic (exact) mass is 448 g/mol. The number of hydrogen-bond donors (Lipinski definition) is 0. The summed E-state index contributed by atoms with van der Waals surface area (Å²) in [5.41, 5.74) is 5.18. The molecule has 33 heavy (non-hydrogen) atoms. The average molecular weight is 449 g/mol. The van der Waals surface area contributed by atoms with E-state index in [1.807, 2.05) is 16.8 Å². The summed E-state index contributed by atoms with van der Waals surface area (Å²) in [5.74, 6) is 2.52. The van der Waals surface area contributed by atoms with E-state index >= 15 is 0 Å². The van der Waals surface area contributed by atoms with Crippen LogP contribution in [0.5, 0.6) is 11.5 Å². The molecule has 0 unspecified atom stereocenters. The van der Waals surface area contributed by atoms with E-state index in [2.05, 4.69) is 70.4 Å². The van der Waals surface area contributed by atoms with Gasteiger partial charge in [0.25, 0.3) is 0 Å². The molecule has 0 bridgehead atoms. The first-order valence-corrected chi connectivity index (χ1v) is 11.8. The Hall–Kier alpha value is -3.13. The highest BCUT2D eigenvalue weighted by molar-refractivity contribution is 5.56. The van der Waals surface area contributed by atoms with Crippen LogP contribution in [0.2, 0.25) is 0 Å². The molecule has 1 saturated heterocycles. The number of tetrazole rings is 1. The lowest BCUT2D eigenvalue weighted by Crippen LogP contribution is -2.48. The van der Waals surface area contributed by atoms with Crippen molar-refractivity contribution in [3.63, 3.8) is 0 Å². The van der Waals surface area contributed by atoms with Gasteiger partial charge >= 0.3 is 0 Å². The predicted octanol–water partition coefficient (Wildman–Crippen LogP) is 3.73. The second-order valence-electron chi connectivity index (χ2n) is 8.93. The molecular formula is C25H32N6O2. The van der Waals surface area contributed by atoms with Crippen LogP contribution < -0.4 is 14.4 Å². The molecule has 0 spiro atoms. The quantitative estimate of drug-likeness (QED) is 0.545. The van der Waals surface area contributed by atoms with Crippen LogP contribution in [0.25, 0.3) is 0 Å². The van der Waals surface area contributed by atoms with E-state index in [0.29, 0.717) is 6.54 Å². The molecule has 3 heterocycles. The van der Waals surface area contributed by atoms with Crippen molar-refractivity contribution in [2.45, 2.75) is 46.2 Å². The number of fused-ring (bicyclic) bond motifs is 1. The van der Waals surface area contributed by atoms with Crippen molar-refractivity contribution in [2.75, 3.05) is 37.9 Å². The number of anilines is 1. The Morgan fingerprint density at radius 1 is 1.00 bits per heavy atom. The summed E-state index contributed by atoms with van der Waals surface area (Å²) >= 11 is 0. The minimum absolute atomic E-state index is 0.208. The molecule has 2 aliphatic heterocycles. The molecule has 0 N–H and O–H groups in total. The zero-order valence-corrected chi connectivity index (χ0v) is 19.7. The molecule has 8 nitrogen and oxygen atoms in total. The van der Waals surface area contributed by atoms with Crippen molar-refractivity contribution >= 4 is 5.69 Å². The largest absolute Gasteiger partial charge is 0.454 e. The van der Waals surface area contributed by atoms with E-state index in [1.165, 1.54) is 16.8 Å². The first kappa shape index (κ1) is 21.7. The van der Waals surface area contributed by atoms with Gasteiger partial charge in [-0.05, 0) is 65.6 Å². The Kier molecular flexibility index (Phi) is 6.17. The summed E-state index contributed by atoms with van der Waals surface area (Å²) in [5, 5.41) is 12.8. The summed E-state index contributed by atoms with van der Waals surface area (Å²) in [6, 6.07) is 12.8. The maximum Gasteiger partial charge on any atom is 0.231 e. The average Bonchev–Trinajstić information content (AvgIpc) is 3.49. The van der Waals surface area contributed by atoms with Gasteiger partial charge in [-0.1, -0.05) is 31.5 Å². The van der Waals surface area contributed by atoms with Crippen molar-refractivity contribution < 1.29 is 9.47 Å². The fourth-order valence-corrected chi connectivity index (χ4v) is 4.88. The second-order valence-corrected chi connectivity index (χ2v) is 8.93. The number of aromatic nitrogens is 4. The fourth-order valence-electron chi connectivity index (χ4n) is 4.88. The van der Waals surface area contributed by atoms with Crippen LogP contribution in [-0.2, 0) is 6.54 Å². The standard InChI is InChI=1S/C25H32N6O2/c1-4-6-22(30-13-11-29(12-14-30)21-8-5-7-18(2)19(21)3)25-26-27-28-31(25)16-20-9-10-23-24(15-20)33-17-32-23/h5,7-10,15,22H,4,6,11-14,16-17H2,1-3H3/t22-/m0/s1. The van der Waals surface area contributed by atoms with E-state index < -0.39 is 0 Å². The molecule has 1 aromatic heterocycles. The molecule has 5 rings (SSSR count). The zero-order chi connectivity index (χ0) is 22.8. The van der Waals surface area contributed by atoms with Crippen molar-refractivity contribution in [1.82, 2.24) is 25.1 Å². The SMILES string of the molecule is CCC[C@@H](c1nnnn1Cc1ccc2c(c1)OCO2)N1CCN(c2cccc(C)c2C)CC1. The van der Waals surface area contributed by atoms with Gasteiger partial charge in [0.05, 0.1) is 12.6 Å². The highest BCUT2D eigenvalue weighted by atomic mass is 16.7. The first-order chi connectivity index (χ1) is 16.1. The van der Waals surface area contributed by atoms with Gasteiger partial charge < -0.3 is 14.4 Å². The number of aryl methyl sites for hydroxylation is 1. The molecule has 2 aliphatic rings. The molecule has 0 saturated carbocycles. The van der Waals surface area contributed by atoms with Gasteiger partial charge in [-0.3, -0.25) is 4.90 Å². The first-order valence-electron chi connectivity index (χ1n) is 11.8. The summed E-state index contributed by atoms with van der Waals surface area (Å²) in [4.78, 5) is 5.06. The van der Waals surface area contributed by atoms with Gasteiger partial charge in [0.2, 0.25) is 6.79 Å². The number of ether oxygens (including phenoxy) is 2. The van der Waals surface area contributed by atoms with E-state index in [0.717, 1.165) is 61.9 Å². The Morgan fingerprint density at radius 2 is 1.82 bits per heavy atom. The van der Waals surface area contributed by atoms with E-state index in [4.69, 9.17) is 9.47 Å².